The van der Waals surface area contributed by atoms with Crippen molar-refractivity contribution in [1.82, 2.24) is 4.98 Å². The summed E-state index contributed by atoms with van der Waals surface area (Å²) in [6.07, 6.45) is 1.48. The number of rotatable bonds is 4. The van der Waals surface area contributed by atoms with Gasteiger partial charge in [-0.1, -0.05) is 18.2 Å². The third-order valence-corrected chi connectivity index (χ3v) is 3.95. The molecule has 3 aromatic rings. The average molecular weight is 346 g/mol. The van der Waals surface area contributed by atoms with Crippen molar-refractivity contribution in [2.45, 2.75) is 19.4 Å². The highest BCUT2D eigenvalue weighted by molar-refractivity contribution is 6.02. The summed E-state index contributed by atoms with van der Waals surface area (Å²) in [7, 11) is 0. The topological polar surface area (TPSA) is 45.1 Å². The molecule has 0 saturated heterocycles. The van der Waals surface area contributed by atoms with E-state index in [1.54, 1.807) is 26.0 Å². The SMILES string of the molecule is CC(C)(CO)Nc1ncc(-c2ccc(F)c(F)c2)c2cccc(F)c12. The number of aliphatic hydroxyl groups is 1. The van der Waals surface area contributed by atoms with Crippen molar-refractivity contribution in [3.63, 3.8) is 0 Å². The summed E-state index contributed by atoms with van der Waals surface area (Å²) < 4.78 is 41.3. The van der Waals surface area contributed by atoms with E-state index in [0.717, 1.165) is 12.1 Å². The van der Waals surface area contributed by atoms with Crippen LogP contribution in [0.2, 0.25) is 0 Å². The number of anilines is 1. The van der Waals surface area contributed by atoms with E-state index in [9.17, 15) is 18.3 Å². The molecule has 6 heteroatoms. The second kappa shape index (κ2) is 6.37. The standard InChI is InChI=1S/C19H17F3N2O/c1-19(2,10-25)24-18-17-12(4-3-5-15(17)21)13(9-23-18)11-6-7-14(20)16(22)8-11/h3-9,25H,10H2,1-2H3,(H,23,24). The lowest BCUT2D eigenvalue weighted by Crippen LogP contribution is -2.35. The summed E-state index contributed by atoms with van der Waals surface area (Å²) in [6, 6.07) is 8.04. The second-order valence-electron chi connectivity index (χ2n) is 6.48. The van der Waals surface area contributed by atoms with E-state index in [2.05, 4.69) is 10.3 Å². The fourth-order valence-electron chi connectivity index (χ4n) is 2.60. The summed E-state index contributed by atoms with van der Waals surface area (Å²) in [6.45, 7) is 3.34. The van der Waals surface area contributed by atoms with Gasteiger partial charge in [-0.3, -0.25) is 0 Å². The Labute approximate surface area is 143 Å². The van der Waals surface area contributed by atoms with Crippen molar-refractivity contribution < 1.29 is 18.3 Å². The van der Waals surface area contributed by atoms with E-state index in [1.165, 1.54) is 18.3 Å². The van der Waals surface area contributed by atoms with Crippen LogP contribution in [0, 0.1) is 17.5 Å². The lowest BCUT2D eigenvalue weighted by Gasteiger charge is -2.25. The maximum absolute atomic E-state index is 14.5. The van der Waals surface area contributed by atoms with Gasteiger partial charge in [0.2, 0.25) is 0 Å². The molecule has 0 aliphatic heterocycles. The minimum atomic E-state index is -0.981. The van der Waals surface area contributed by atoms with Gasteiger partial charge in [-0.15, -0.1) is 0 Å². The zero-order chi connectivity index (χ0) is 18.2. The zero-order valence-corrected chi connectivity index (χ0v) is 13.8. The first-order valence-electron chi connectivity index (χ1n) is 7.74. The maximum atomic E-state index is 14.5. The highest BCUT2D eigenvalue weighted by atomic mass is 19.2. The van der Waals surface area contributed by atoms with Crippen molar-refractivity contribution in [3.8, 4) is 11.1 Å². The van der Waals surface area contributed by atoms with Crippen LogP contribution in [0.3, 0.4) is 0 Å². The molecule has 2 N–H and O–H groups in total. The summed E-state index contributed by atoms with van der Waals surface area (Å²) in [4.78, 5) is 4.25. The Morgan fingerprint density at radius 3 is 2.48 bits per heavy atom. The number of halogens is 3. The minimum absolute atomic E-state index is 0.171. The first kappa shape index (κ1) is 17.2. The molecular weight excluding hydrogens is 329 g/mol. The molecule has 0 atom stereocenters. The number of aromatic nitrogens is 1. The average Bonchev–Trinajstić information content (AvgIpc) is 2.57. The molecule has 3 rings (SSSR count). The van der Waals surface area contributed by atoms with E-state index in [1.807, 2.05) is 0 Å². The van der Waals surface area contributed by atoms with Crippen LogP contribution in [0.25, 0.3) is 21.9 Å². The van der Waals surface area contributed by atoms with Crippen molar-refractivity contribution in [1.29, 1.82) is 0 Å². The molecule has 0 fully saturated rings. The first-order valence-corrected chi connectivity index (χ1v) is 7.74. The number of aliphatic hydroxyl groups excluding tert-OH is 1. The molecule has 3 nitrogen and oxygen atoms in total. The molecule has 130 valence electrons. The molecule has 0 aliphatic rings. The van der Waals surface area contributed by atoms with Crippen LogP contribution in [0.15, 0.2) is 42.6 Å². The van der Waals surface area contributed by atoms with Crippen molar-refractivity contribution in [2.75, 3.05) is 11.9 Å². The van der Waals surface area contributed by atoms with Gasteiger partial charge in [0, 0.05) is 11.8 Å². The minimum Gasteiger partial charge on any atom is -0.394 e. The summed E-state index contributed by atoms with van der Waals surface area (Å²) in [5.41, 5.74) is 0.182. The number of hydrogen-bond acceptors (Lipinski definition) is 3. The molecule has 0 saturated carbocycles. The first-order chi connectivity index (χ1) is 11.8. The number of nitrogens with one attached hydrogen (secondary N) is 1. The Kier molecular flexibility index (Phi) is 4.39. The fraction of sp³-hybridized carbons (Fsp3) is 0.211. The van der Waals surface area contributed by atoms with Crippen molar-refractivity contribution in [2.24, 2.45) is 0 Å². The van der Waals surface area contributed by atoms with E-state index in [0.29, 0.717) is 16.5 Å². The molecule has 1 heterocycles. The molecule has 0 radical (unpaired) electrons. The number of pyridine rings is 1. The van der Waals surface area contributed by atoms with Crippen LogP contribution in [0.5, 0.6) is 0 Å². The van der Waals surface area contributed by atoms with Crippen LogP contribution >= 0.6 is 0 Å². The monoisotopic (exact) mass is 346 g/mol. The van der Waals surface area contributed by atoms with Crippen molar-refractivity contribution in [3.05, 3.63) is 60.0 Å². The van der Waals surface area contributed by atoms with Crippen LogP contribution in [-0.2, 0) is 0 Å². The van der Waals surface area contributed by atoms with Crippen LogP contribution in [0.4, 0.5) is 19.0 Å². The molecule has 2 aromatic carbocycles. The van der Waals surface area contributed by atoms with Gasteiger partial charge in [-0.25, -0.2) is 18.2 Å². The van der Waals surface area contributed by atoms with Crippen LogP contribution in [0.1, 0.15) is 13.8 Å². The zero-order valence-electron chi connectivity index (χ0n) is 13.8. The second-order valence-corrected chi connectivity index (χ2v) is 6.48. The Hall–Kier alpha value is -2.60. The third kappa shape index (κ3) is 3.30. The van der Waals surface area contributed by atoms with E-state index in [-0.39, 0.29) is 17.8 Å². The van der Waals surface area contributed by atoms with Gasteiger partial charge in [-0.05, 0) is 43.0 Å². The quantitative estimate of drug-likeness (QED) is 0.731. The Morgan fingerprint density at radius 2 is 1.80 bits per heavy atom. The van der Waals surface area contributed by atoms with Gasteiger partial charge in [-0.2, -0.15) is 0 Å². The normalized spacial score (nSPS) is 11.8. The molecular formula is C19H17F3N2O. The summed E-state index contributed by atoms with van der Waals surface area (Å²) in [5, 5.41) is 13.2. The Balaban J connectivity index is 2.23. The Morgan fingerprint density at radius 1 is 1.04 bits per heavy atom. The molecule has 0 amide bonds. The molecule has 25 heavy (non-hydrogen) atoms. The molecule has 0 bridgehead atoms. The maximum Gasteiger partial charge on any atom is 0.159 e. The van der Waals surface area contributed by atoms with E-state index in [4.69, 9.17) is 0 Å². The molecule has 1 aromatic heterocycles. The van der Waals surface area contributed by atoms with E-state index < -0.39 is 23.0 Å². The van der Waals surface area contributed by atoms with Crippen molar-refractivity contribution >= 4 is 16.6 Å². The smallest absolute Gasteiger partial charge is 0.159 e. The number of hydrogen-bond donors (Lipinski definition) is 2. The van der Waals surface area contributed by atoms with Gasteiger partial charge < -0.3 is 10.4 Å². The lowest BCUT2D eigenvalue weighted by atomic mass is 9.99. The predicted molar refractivity (Wildman–Crippen MR) is 91.8 cm³/mol. The third-order valence-electron chi connectivity index (χ3n) is 3.95. The Bertz CT molecular complexity index is 941. The summed E-state index contributed by atoms with van der Waals surface area (Å²) in [5.74, 6) is -2.15. The predicted octanol–water partition coefficient (Wildman–Crippen LogP) is 4.50. The highest BCUT2D eigenvalue weighted by Crippen LogP contribution is 2.34. The van der Waals surface area contributed by atoms with Gasteiger partial charge >= 0.3 is 0 Å². The van der Waals surface area contributed by atoms with Gasteiger partial charge in [0.25, 0.3) is 0 Å². The fourth-order valence-corrected chi connectivity index (χ4v) is 2.60. The van der Waals surface area contributed by atoms with Gasteiger partial charge in [0.1, 0.15) is 11.6 Å². The molecule has 0 unspecified atom stereocenters. The number of fused-ring (bicyclic) bond motifs is 1. The largest absolute Gasteiger partial charge is 0.394 e. The van der Waals surface area contributed by atoms with Crippen LogP contribution < -0.4 is 5.32 Å². The number of nitrogens with zero attached hydrogens (tertiary/aromatic N) is 1. The number of benzene rings is 2. The van der Waals surface area contributed by atoms with E-state index >= 15 is 0 Å². The van der Waals surface area contributed by atoms with Crippen LogP contribution in [-0.4, -0.2) is 22.2 Å². The summed E-state index contributed by atoms with van der Waals surface area (Å²) >= 11 is 0. The molecule has 0 aliphatic carbocycles. The van der Waals surface area contributed by atoms with Gasteiger partial charge in [0.15, 0.2) is 11.6 Å². The van der Waals surface area contributed by atoms with Gasteiger partial charge in [0.05, 0.1) is 17.5 Å². The highest BCUT2D eigenvalue weighted by Gasteiger charge is 2.20. The lowest BCUT2D eigenvalue weighted by molar-refractivity contribution is 0.234. The molecule has 0 spiro atoms.